The number of rotatable bonds is 5. The van der Waals surface area contributed by atoms with Crippen LogP contribution < -0.4 is 15.4 Å². The van der Waals surface area contributed by atoms with Crippen LogP contribution >= 0.6 is 0 Å². The Kier molecular flexibility index (Phi) is 3.96. The third-order valence-corrected chi connectivity index (χ3v) is 2.89. The van der Waals surface area contributed by atoms with Crippen LogP contribution in [0.25, 0.3) is 0 Å². The predicted octanol–water partition coefficient (Wildman–Crippen LogP) is 1.15. The molecule has 1 aliphatic heterocycles. The van der Waals surface area contributed by atoms with Gasteiger partial charge in [-0.1, -0.05) is 0 Å². The number of hydrogen-bond donors (Lipinski definition) is 2. The first kappa shape index (κ1) is 13.3. The number of nitro benzene ring substituents is 1. The Bertz CT molecular complexity index is 500. The molecule has 1 aliphatic rings. The minimum Gasteiger partial charge on any atom is -0.494 e. The molecule has 0 unspecified atom stereocenters. The van der Waals surface area contributed by atoms with Crippen molar-refractivity contribution in [1.82, 2.24) is 5.32 Å². The lowest BCUT2D eigenvalue weighted by Crippen LogP contribution is -2.48. The van der Waals surface area contributed by atoms with Crippen molar-refractivity contribution >= 4 is 17.3 Å². The topological polar surface area (TPSA) is 93.5 Å². The Balaban J connectivity index is 2.18. The lowest BCUT2D eigenvalue weighted by Gasteiger charge is -2.25. The van der Waals surface area contributed by atoms with E-state index in [9.17, 15) is 14.9 Å². The fraction of sp³-hybridized carbons (Fsp3) is 0.417. The molecule has 0 aliphatic carbocycles. The van der Waals surface area contributed by atoms with Crippen molar-refractivity contribution in [2.24, 2.45) is 5.92 Å². The zero-order chi connectivity index (χ0) is 13.8. The van der Waals surface area contributed by atoms with Gasteiger partial charge in [0.15, 0.2) is 0 Å². The van der Waals surface area contributed by atoms with Gasteiger partial charge in [-0.05, 0) is 19.1 Å². The molecule has 1 heterocycles. The molecular weight excluding hydrogens is 250 g/mol. The van der Waals surface area contributed by atoms with E-state index in [1.165, 1.54) is 12.1 Å². The fourth-order valence-electron chi connectivity index (χ4n) is 1.73. The van der Waals surface area contributed by atoms with E-state index >= 15 is 0 Å². The molecule has 0 aromatic heterocycles. The smallest absolute Gasteiger partial charge is 0.296 e. The van der Waals surface area contributed by atoms with Crippen molar-refractivity contribution in [3.05, 3.63) is 28.3 Å². The maximum absolute atomic E-state index is 11.8. The van der Waals surface area contributed by atoms with Gasteiger partial charge in [-0.3, -0.25) is 14.9 Å². The molecule has 0 saturated carbocycles. The summed E-state index contributed by atoms with van der Waals surface area (Å²) in [5.41, 5.74) is 0.0388. The normalized spacial score (nSPS) is 14.6. The van der Waals surface area contributed by atoms with E-state index in [4.69, 9.17) is 4.74 Å². The van der Waals surface area contributed by atoms with Crippen LogP contribution in [-0.4, -0.2) is 30.5 Å². The average Bonchev–Trinajstić information content (AvgIpc) is 2.28. The van der Waals surface area contributed by atoms with Crippen molar-refractivity contribution in [2.75, 3.05) is 25.0 Å². The van der Waals surface area contributed by atoms with E-state index in [0.717, 1.165) is 0 Å². The van der Waals surface area contributed by atoms with Gasteiger partial charge in [0.1, 0.15) is 11.4 Å². The first-order chi connectivity index (χ1) is 9.11. The fourth-order valence-corrected chi connectivity index (χ4v) is 1.73. The Hall–Kier alpha value is -2.15. The summed E-state index contributed by atoms with van der Waals surface area (Å²) in [6, 6.07) is 4.41. The van der Waals surface area contributed by atoms with Gasteiger partial charge < -0.3 is 15.4 Å². The second-order valence-electron chi connectivity index (χ2n) is 4.21. The van der Waals surface area contributed by atoms with Crippen molar-refractivity contribution < 1.29 is 14.5 Å². The second kappa shape index (κ2) is 5.66. The summed E-state index contributed by atoms with van der Waals surface area (Å²) < 4.78 is 5.21. The van der Waals surface area contributed by atoms with Crippen LogP contribution in [0.4, 0.5) is 11.4 Å². The Morgan fingerprint density at radius 2 is 2.32 bits per heavy atom. The third kappa shape index (κ3) is 3.00. The highest BCUT2D eigenvalue weighted by atomic mass is 16.6. The van der Waals surface area contributed by atoms with Crippen molar-refractivity contribution in [3.8, 4) is 5.75 Å². The number of nitrogens with zero attached hydrogens (tertiary/aromatic N) is 1. The van der Waals surface area contributed by atoms with Crippen LogP contribution in [0, 0.1) is 16.0 Å². The predicted molar refractivity (Wildman–Crippen MR) is 69.3 cm³/mol. The van der Waals surface area contributed by atoms with E-state index in [1.807, 2.05) is 0 Å². The number of anilines is 1. The van der Waals surface area contributed by atoms with Gasteiger partial charge in [0.05, 0.1) is 23.5 Å². The lowest BCUT2D eigenvalue weighted by molar-refractivity contribution is -0.384. The van der Waals surface area contributed by atoms with Gasteiger partial charge in [-0.25, -0.2) is 0 Å². The first-order valence-corrected chi connectivity index (χ1v) is 6.04. The van der Waals surface area contributed by atoms with Crippen molar-refractivity contribution in [1.29, 1.82) is 0 Å². The summed E-state index contributed by atoms with van der Waals surface area (Å²) in [5.74, 6) is 0.0923. The highest BCUT2D eigenvalue weighted by Gasteiger charge is 2.27. The lowest BCUT2D eigenvalue weighted by atomic mass is 10.0. The van der Waals surface area contributed by atoms with Crippen LogP contribution in [0.3, 0.4) is 0 Å². The molecule has 0 atom stereocenters. The van der Waals surface area contributed by atoms with Gasteiger partial charge in [-0.2, -0.15) is 0 Å². The Labute approximate surface area is 110 Å². The first-order valence-electron chi connectivity index (χ1n) is 6.04. The van der Waals surface area contributed by atoms with E-state index in [0.29, 0.717) is 25.4 Å². The van der Waals surface area contributed by atoms with Gasteiger partial charge in [0.25, 0.3) is 5.69 Å². The maximum atomic E-state index is 11.8. The number of carbonyl (C=O) groups excluding carboxylic acids is 1. The number of amides is 1. The number of hydrogen-bond acceptors (Lipinski definition) is 5. The highest BCUT2D eigenvalue weighted by molar-refractivity contribution is 5.95. The van der Waals surface area contributed by atoms with Crippen LogP contribution in [0.2, 0.25) is 0 Å². The van der Waals surface area contributed by atoms with Crippen LogP contribution in [0.15, 0.2) is 18.2 Å². The molecule has 0 spiro atoms. The molecule has 2 rings (SSSR count). The number of carbonyl (C=O) groups is 1. The quantitative estimate of drug-likeness (QED) is 0.615. The van der Waals surface area contributed by atoms with E-state index < -0.39 is 4.92 Å². The molecule has 0 bridgehead atoms. The molecule has 2 N–H and O–H groups in total. The summed E-state index contributed by atoms with van der Waals surface area (Å²) >= 11 is 0. The standard InChI is InChI=1S/C12H15N3O4/c1-2-19-9-3-4-10(11(5-9)15(17)18)14-12(16)8-6-13-7-8/h3-5,8,13H,2,6-7H2,1H3,(H,14,16). The molecule has 1 aromatic rings. The largest absolute Gasteiger partial charge is 0.494 e. The van der Waals surface area contributed by atoms with Crippen molar-refractivity contribution in [3.63, 3.8) is 0 Å². The molecule has 1 fully saturated rings. The summed E-state index contributed by atoms with van der Waals surface area (Å²) in [6.07, 6.45) is 0. The summed E-state index contributed by atoms with van der Waals surface area (Å²) in [6.45, 7) is 3.44. The molecule has 1 aromatic carbocycles. The van der Waals surface area contributed by atoms with Crippen LogP contribution in [0.1, 0.15) is 6.92 Å². The molecule has 0 radical (unpaired) electrons. The highest BCUT2D eigenvalue weighted by Crippen LogP contribution is 2.29. The third-order valence-electron chi connectivity index (χ3n) is 2.89. The Morgan fingerprint density at radius 3 is 2.84 bits per heavy atom. The van der Waals surface area contributed by atoms with Crippen molar-refractivity contribution in [2.45, 2.75) is 6.92 Å². The average molecular weight is 265 g/mol. The van der Waals surface area contributed by atoms with Gasteiger partial charge in [0.2, 0.25) is 5.91 Å². The number of nitro groups is 1. The molecule has 1 amide bonds. The summed E-state index contributed by atoms with van der Waals surface area (Å²) in [4.78, 5) is 22.2. The molecule has 102 valence electrons. The van der Waals surface area contributed by atoms with E-state index in [2.05, 4.69) is 10.6 Å². The summed E-state index contributed by atoms with van der Waals surface area (Å²) in [7, 11) is 0. The Morgan fingerprint density at radius 1 is 1.58 bits per heavy atom. The van der Waals surface area contributed by atoms with Gasteiger partial charge >= 0.3 is 0 Å². The van der Waals surface area contributed by atoms with Crippen LogP contribution in [0.5, 0.6) is 5.75 Å². The summed E-state index contributed by atoms with van der Waals surface area (Å²) in [5, 5.41) is 16.6. The van der Waals surface area contributed by atoms with Gasteiger partial charge in [0, 0.05) is 13.1 Å². The van der Waals surface area contributed by atoms with E-state index in [-0.39, 0.29) is 23.2 Å². The van der Waals surface area contributed by atoms with Gasteiger partial charge in [-0.15, -0.1) is 0 Å². The minimum atomic E-state index is -0.531. The molecule has 7 heteroatoms. The molecule has 7 nitrogen and oxygen atoms in total. The zero-order valence-corrected chi connectivity index (χ0v) is 10.5. The molecule has 1 saturated heterocycles. The van der Waals surface area contributed by atoms with E-state index in [1.54, 1.807) is 13.0 Å². The molecule has 19 heavy (non-hydrogen) atoms. The number of nitrogens with one attached hydrogen (secondary N) is 2. The molecular formula is C12H15N3O4. The monoisotopic (exact) mass is 265 g/mol. The zero-order valence-electron chi connectivity index (χ0n) is 10.5. The van der Waals surface area contributed by atoms with Crippen LogP contribution in [-0.2, 0) is 4.79 Å². The minimum absolute atomic E-state index is 0.119. The maximum Gasteiger partial charge on any atom is 0.296 e. The SMILES string of the molecule is CCOc1ccc(NC(=O)C2CNC2)c([N+](=O)[O-])c1. The second-order valence-corrected chi connectivity index (χ2v) is 4.21. The number of benzene rings is 1. The number of ether oxygens (including phenoxy) is 1.